The predicted molar refractivity (Wildman–Crippen MR) is 96.6 cm³/mol. The molecule has 0 saturated heterocycles. The number of carbonyl (C=O) groups is 1. The maximum Gasteiger partial charge on any atom is 0.277 e. The van der Waals surface area contributed by atoms with Crippen molar-refractivity contribution >= 4 is 51.3 Å². The highest BCUT2D eigenvalue weighted by Gasteiger charge is 2.04. The number of aryl methyl sites for hydroxylation is 1. The van der Waals surface area contributed by atoms with Crippen molar-refractivity contribution in [2.75, 3.05) is 6.61 Å². The van der Waals surface area contributed by atoms with Gasteiger partial charge in [0.1, 0.15) is 5.75 Å². The molecular weight excluding hydrogens is 403 g/mol. The van der Waals surface area contributed by atoms with Crippen LogP contribution in [0.2, 0.25) is 10.0 Å². The number of nitrogens with zero attached hydrogens (tertiary/aromatic N) is 1. The van der Waals surface area contributed by atoms with Gasteiger partial charge in [0.05, 0.1) is 16.3 Å². The molecule has 0 heterocycles. The smallest absolute Gasteiger partial charge is 0.277 e. The van der Waals surface area contributed by atoms with Crippen LogP contribution in [-0.4, -0.2) is 18.7 Å². The van der Waals surface area contributed by atoms with Crippen molar-refractivity contribution in [3.8, 4) is 5.75 Å². The molecule has 1 amide bonds. The number of hydrazone groups is 1. The summed E-state index contributed by atoms with van der Waals surface area (Å²) in [5, 5.41) is 4.64. The first-order valence-corrected chi connectivity index (χ1v) is 8.17. The van der Waals surface area contributed by atoms with Gasteiger partial charge in [0.25, 0.3) is 5.91 Å². The van der Waals surface area contributed by atoms with Crippen molar-refractivity contribution in [2.24, 2.45) is 5.10 Å². The van der Waals surface area contributed by atoms with Crippen molar-refractivity contribution < 1.29 is 9.53 Å². The third kappa shape index (κ3) is 5.23. The van der Waals surface area contributed by atoms with Crippen molar-refractivity contribution in [2.45, 2.75) is 6.92 Å². The first-order valence-electron chi connectivity index (χ1n) is 6.62. The molecule has 4 nitrogen and oxygen atoms in total. The van der Waals surface area contributed by atoms with Gasteiger partial charge >= 0.3 is 0 Å². The normalized spacial score (nSPS) is 10.8. The quantitative estimate of drug-likeness (QED) is 0.573. The third-order valence-corrected chi connectivity index (χ3v) is 4.60. The van der Waals surface area contributed by atoms with Crippen LogP contribution in [0.25, 0.3) is 0 Å². The van der Waals surface area contributed by atoms with E-state index in [4.69, 9.17) is 27.9 Å². The van der Waals surface area contributed by atoms with Gasteiger partial charge in [0, 0.05) is 10.0 Å². The Morgan fingerprint density at radius 3 is 2.87 bits per heavy atom. The summed E-state index contributed by atoms with van der Waals surface area (Å²) in [6.07, 6.45) is 1.43. The van der Waals surface area contributed by atoms with Crippen LogP contribution in [0.1, 0.15) is 11.1 Å². The highest BCUT2D eigenvalue weighted by atomic mass is 79.9. The second kappa shape index (κ2) is 8.34. The Kier molecular flexibility index (Phi) is 6.45. The second-order valence-corrected chi connectivity index (χ2v) is 6.28. The summed E-state index contributed by atoms with van der Waals surface area (Å²) < 4.78 is 6.38. The molecule has 0 atom stereocenters. The van der Waals surface area contributed by atoms with Crippen LogP contribution in [-0.2, 0) is 4.79 Å². The number of rotatable bonds is 5. The molecule has 0 bridgehead atoms. The molecular formula is C16H13BrCl2N2O2. The van der Waals surface area contributed by atoms with E-state index < -0.39 is 0 Å². The van der Waals surface area contributed by atoms with Gasteiger partial charge in [-0.1, -0.05) is 51.3 Å². The minimum Gasteiger partial charge on any atom is -0.484 e. The van der Waals surface area contributed by atoms with Crippen LogP contribution < -0.4 is 10.2 Å². The van der Waals surface area contributed by atoms with E-state index in [1.54, 1.807) is 24.3 Å². The molecule has 2 rings (SSSR count). The number of amides is 1. The lowest BCUT2D eigenvalue weighted by Gasteiger charge is -2.06. The van der Waals surface area contributed by atoms with E-state index in [1.165, 1.54) is 6.21 Å². The number of benzene rings is 2. The van der Waals surface area contributed by atoms with Crippen molar-refractivity contribution in [3.05, 3.63) is 62.0 Å². The van der Waals surface area contributed by atoms with Gasteiger partial charge in [-0.15, -0.1) is 0 Å². The van der Waals surface area contributed by atoms with E-state index in [0.29, 0.717) is 21.4 Å². The molecule has 0 radical (unpaired) electrons. The fraction of sp³-hybridized carbons (Fsp3) is 0.125. The molecule has 0 saturated carbocycles. The molecule has 2 aromatic rings. The highest BCUT2D eigenvalue weighted by Crippen LogP contribution is 2.24. The van der Waals surface area contributed by atoms with Crippen molar-refractivity contribution in [1.29, 1.82) is 0 Å². The fourth-order valence-corrected chi connectivity index (χ4v) is 2.29. The second-order valence-electron chi connectivity index (χ2n) is 4.64. The Bertz CT molecular complexity index is 751. The molecule has 0 aromatic heterocycles. The minimum atomic E-state index is -0.375. The lowest BCUT2D eigenvalue weighted by atomic mass is 10.2. The SMILES string of the molecule is Cc1cc(OCC(=O)NN=Cc2cccc(Cl)c2Cl)ccc1Br. The van der Waals surface area contributed by atoms with Gasteiger partial charge in [-0.2, -0.15) is 5.10 Å². The monoisotopic (exact) mass is 414 g/mol. The van der Waals surface area contributed by atoms with E-state index in [9.17, 15) is 4.79 Å². The van der Waals surface area contributed by atoms with Crippen LogP contribution in [0.4, 0.5) is 0 Å². The molecule has 0 aliphatic heterocycles. The Morgan fingerprint density at radius 1 is 1.35 bits per heavy atom. The zero-order valence-corrected chi connectivity index (χ0v) is 15.2. The molecule has 0 spiro atoms. The summed E-state index contributed by atoms with van der Waals surface area (Å²) in [5.41, 5.74) is 4.01. The largest absolute Gasteiger partial charge is 0.484 e. The van der Waals surface area contributed by atoms with E-state index in [0.717, 1.165) is 10.0 Å². The van der Waals surface area contributed by atoms with E-state index in [-0.39, 0.29) is 12.5 Å². The van der Waals surface area contributed by atoms with Gasteiger partial charge in [-0.3, -0.25) is 4.79 Å². The van der Waals surface area contributed by atoms with E-state index >= 15 is 0 Å². The number of hydrogen-bond donors (Lipinski definition) is 1. The summed E-state index contributed by atoms with van der Waals surface area (Å²) >= 11 is 15.3. The number of halogens is 3. The van der Waals surface area contributed by atoms with Crippen LogP contribution in [0.15, 0.2) is 46.0 Å². The molecule has 0 fully saturated rings. The molecule has 0 unspecified atom stereocenters. The van der Waals surface area contributed by atoms with E-state index in [2.05, 4.69) is 26.5 Å². The Morgan fingerprint density at radius 2 is 2.13 bits per heavy atom. The molecule has 1 N–H and O–H groups in total. The van der Waals surface area contributed by atoms with Gasteiger partial charge in [0.2, 0.25) is 0 Å². The summed E-state index contributed by atoms with van der Waals surface area (Å²) in [5.74, 6) is 0.239. The maximum atomic E-state index is 11.7. The molecule has 2 aromatic carbocycles. The van der Waals surface area contributed by atoms with Gasteiger partial charge < -0.3 is 4.74 Å². The number of nitrogens with one attached hydrogen (secondary N) is 1. The standard InChI is InChI=1S/C16H13BrCl2N2O2/c1-10-7-12(5-6-13(10)17)23-9-15(22)21-20-8-11-3-2-4-14(18)16(11)19/h2-8H,9H2,1H3,(H,21,22). The zero-order valence-electron chi connectivity index (χ0n) is 12.1. The number of ether oxygens (including phenoxy) is 1. The van der Waals surface area contributed by atoms with Crippen LogP contribution in [0.5, 0.6) is 5.75 Å². The summed E-state index contributed by atoms with van der Waals surface area (Å²) in [6, 6.07) is 10.6. The summed E-state index contributed by atoms with van der Waals surface area (Å²) in [4.78, 5) is 11.7. The molecule has 120 valence electrons. The van der Waals surface area contributed by atoms with Crippen molar-refractivity contribution in [1.82, 2.24) is 5.43 Å². The first-order chi connectivity index (χ1) is 11.0. The van der Waals surface area contributed by atoms with Crippen LogP contribution in [0.3, 0.4) is 0 Å². The Labute approximate surface area is 152 Å². The average Bonchev–Trinajstić information content (AvgIpc) is 2.52. The van der Waals surface area contributed by atoms with Crippen LogP contribution >= 0.6 is 39.1 Å². The predicted octanol–water partition coefficient (Wildman–Crippen LogP) is 4.59. The zero-order chi connectivity index (χ0) is 16.8. The first kappa shape index (κ1) is 17.8. The van der Waals surface area contributed by atoms with Gasteiger partial charge in [-0.25, -0.2) is 5.43 Å². The van der Waals surface area contributed by atoms with E-state index in [1.807, 2.05) is 19.1 Å². The highest BCUT2D eigenvalue weighted by molar-refractivity contribution is 9.10. The fourth-order valence-electron chi connectivity index (χ4n) is 1.68. The van der Waals surface area contributed by atoms with Gasteiger partial charge in [-0.05, 0) is 36.8 Å². The number of carbonyl (C=O) groups excluding carboxylic acids is 1. The third-order valence-electron chi connectivity index (χ3n) is 2.87. The maximum absolute atomic E-state index is 11.7. The lowest BCUT2D eigenvalue weighted by Crippen LogP contribution is -2.24. The minimum absolute atomic E-state index is 0.137. The Balaban J connectivity index is 1.86. The molecule has 0 aliphatic carbocycles. The Hall–Kier alpha value is -1.56. The van der Waals surface area contributed by atoms with Gasteiger partial charge in [0.15, 0.2) is 6.61 Å². The topological polar surface area (TPSA) is 50.7 Å². The number of hydrogen-bond acceptors (Lipinski definition) is 3. The summed E-state index contributed by atoms with van der Waals surface area (Å²) in [6.45, 7) is 1.80. The van der Waals surface area contributed by atoms with Crippen molar-refractivity contribution in [3.63, 3.8) is 0 Å². The molecule has 0 aliphatic rings. The average molecular weight is 416 g/mol. The molecule has 23 heavy (non-hydrogen) atoms. The molecule has 7 heteroatoms. The lowest BCUT2D eigenvalue weighted by molar-refractivity contribution is -0.123. The summed E-state index contributed by atoms with van der Waals surface area (Å²) in [7, 11) is 0. The van der Waals surface area contributed by atoms with Crippen LogP contribution in [0, 0.1) is 6.92 Å².